The second-order valence-electron chi connectivity index (χ2n) is 14.5. The fourth-order valence-corrected chi connectivity index (χ4v) is 7.37. The highest BCUT2D eigenvalue weighted by molar-refractivity contribution is 6.04. The lowest BCUT2D eigenvalue weighted by Gasteiger charge is -2.22. The SMILES string of the molecule is CCn1nc(C)cc1C(=O)Nc1nc2cc(C(N)O)ccc2n1C/C=C/Cn1c(NC(=O)c2cc(C)nn2CC)nc2cc(C(N)=O)cc(OCCC3CCOCC3)c21. The van der Waals surface area contributed by atoms with Crippen molar-refractivity contribution in [3.8, 4) is 5.75 Å². The van der Waals surface area contributed by atoms with Crippen molar-refractivity contribution in [2.75, 3.05) is 30.5 Å². The van der Waals surface area contributed by atoms with Crippen LogP contribution in [0.2, 0.25) is 0 Å². The Kier molecular flexibility index (Phi) is 12.2. The van der Waals surface area contributed by atoms with Crippen molar-refractivity contribution < 1.29 is 29.0 Å². The predicted molar refractivity (Wildman–Crippen MR) is 221 cm³/mol. The van der Waals surface area contributed by atoms with Crippen LogP contribution < -0.4 is 26.8 Å². The van der Waals surface area contributed by atoms with Crippen LogP contribution in [0.1, 0.15) is 87.6 Å². The Morgan fingerprint density at radius 1 is 0.881 bits per heavy atom. The molecule has 0 bridgehead atoms. The molecule has 59 heavy (non-hydrogen) atoms. The van der Waals surface area contributed by atoms with Crippen LogP contribution in [0.4, 0.5) is 11.9 Å². The normalized spacial score (nSPS) is 14.1. The number of aryl methyl sites for hydroxylation is 4. The molecule has 18 heteroatoms. The van der Waals surface area contributed by atoms with Gasteiger partial charge in [-0.1, -0.05) is 18.2 Å². The molecule has 310 valence electrons. The standard InChI is InChI=1S/C41H50N12O6/c1-5-52-32(19-24(3)48-52)38(56)46-40-44-29-21-27(36(42)54)9-10-31(29)50(40)14-7-8-15-51-35-30(45-41(51)47-39(57)33-20-25(4)49-53(33)6-2)22-28(37(43)55)23-34(35)59-18-13-26-11-16-58-17-12-26/h7-10,19-23,26,36,54H,5-6,11-18,42H2,1-4H3,(H2,43,55)(H,44,46,56)(H,45,47,57)/b8-7+. The van der Waals surface area contributed by atoms with Gasteiger partial charge in [0, 0.05) is 45.0 Å². The molecular weight excluding hydrogens is 757 g/mol. The number of nitrogens with zero attached hydrogens (tertiary/aromatic N) is 8. The van der Waals surface area contributed by atoms with Gasteiger partial charge in [-0.25, -0.2) is 9.97 Å². The van der Waals surface area contributed by atoms with E-state index < -0.39 is 18.0 Å². The molecule has 4 aromatic heterocycles. The van der Waals surface area contributed by atoms with Gasteiger partial charge in [0.1, 0.15) is 28.9 Å². The summed E-state index contributed by atoms with van der Waals surface area (Å²) < 4.78 is 18.8. The number of amides is 3. The summed E-state index contributed by atoms with van der Waals surface area (Å²) in [6, 6.07) is 11.8. The lowest BCUT2D eigenvalue weighted by Crippen LogP contribution is -2.20. The highest BCUT2D eigenvalue weighted by Crippen LogP contribution is 2.32. The van der Waals surface area contributed by atoms with Crippen molar-refractivity contribution in [1.29, 1.82) is 0 Å². The molecule has 1 fully saturated rings. The second kappa shape index (κ2) is 17.6. The number of benzene rings is 2. The topological polar surface area (TPSA) is 237 Å². The van der Waals surface area contributed by atoms with Gasteiger partial charge in [0.2, 0.25) is 17.8 Å². The molecule has 2 aromatic carbocycles. The van der Waals surface area contributed by atoms with Crippen LogP contribution >= 0.6 is 0 Å². The number of hydrogen-bond donors (Lipinski definition) is 5. The summed E-state index contributed by atoms with van der Waals surface area (Å²) in [5, 5.41) is 24.8. The molecule has 0 spiro atoms. The van der Waals surface area contributed by atoms with E-state index in [2.05, 4.69) is 20.8 Å². The average molecular weight is 807 g/mol. The zero-order chi connectivity index (χ0) is 41.8. The smallest absolute Gasteiger partial charge is 0.276 e. The number of nitrogens with one attached hydrogen (secondary N) is 2. The highest BCUT2D eigenvalue weighted by atomic mass is 16.5. The van der Waals surface area contributed by atoms with E-state index in [-0.39, 0.29) is 36.5 Å². The maximum absolute atomic E-state index is 13.8. The fourth-order valence-electron chi connectivity index (χ4n) is 7.37. The van der Waals surface area contributed by atoms with Crippen LogP contribution in [0, 0.1) is 19.8 Å². The van der Waals surface area contributed by atoms with E-state index in [1.165, 1.54) is 0 Å². The molecule has 1 aliphatic rings. The number of imidazole rings is 2. The first-order valence-corrected chi connectivity index (χ1v) is 19.8. The quantitative estimate of drug-likeness (QED) is 0.0677. The highest BCUT2D eigenvalue weighted by Gasteiger charge is 2.23. The van der Waals surface area contributed by atoms with Gasteiger partial charge in [0.05, 0.1) is 34.5 Å². The molecule has 1 saturated heterocycles. The van der Waals surface area contributed by atoms with Crippen LogP contribution in [0.25, 0.3) is 22.1 Å². The molecule has 0 aliphatic carbocycles. The minimum atomic E-state index is -1.20. The lowest BCUT2D eigenvalue weighted by atomic mass is 9.97. The van der Waals surface area contributed by atoms with Gasteiger partial charge in [-0.3, -0.25) is 34.4 Å². The van der Waals surface area contributed by atoms with Gasteiger partial charge in [0.25, 0.3) is 11.8 Å². The number of aliphatic hydroxyl groups is 1. The molecule has 1 unspecified atom stereocenters. The van der Waals surface area contributed by atoms with Crippen molar-refractivity contribution in [2.45, 2.75) is 79.4 Å². The van der Waals surface area contributed by atoms with Gasteiger partial charge < -0.3 is 35.2 Å². The number of allylic oxidation sites excluding steroid dienone is 2. The number of anilines is 2. The van der Waals surface area contributed by atoms with Crippen molar-refractivity contribution in [2.24, 2.45) is 17.4 Å². The molecule has 7 rings (SSSR count). The van der Waals surface area contributed by atoms with Crippen LogP contribution in [0.15, 0.2) is 54.6 Å². The maximum Gasteiger partial charge on any atom is 0.276 e. The molecule has 6 aromatic rings. The molecule has 0 saturated carbocycles. The monoisotopic (exact) mass is 806 g/mol. The summed E-state index contributed by atoms with van der Waals surface area (Å²) in [5.74, 6) is -0.0576. The minimum Gasteiger partial charge on any atom is -0.491 e. The van der Waals surface area contributed by atoms with Gasteiger partial charge in [-0.05, 0) is 94.8 Å². The van der Waals surface area contributed by atoms with Gasteiger partial charge in [0.15, 0.2) is 0 Å². The van der Waals surface area contributed by atoms with Gasteiger partial charge in [-0.15, -0.1) is 0 Å². The third kappa shape index (κ3) is 8.89. The van der Waals surface area contributed by atoms with Crippen molar-refractivity contribution in [3.63, 3.8) is 0 Å². The summed E-state index contributed by atoms with van der Waals surface area (Å²) in [5.41, 5.74) is 16.6. The Labute approximate surface area is 340 Å². The van der Waals surface area contributed by atoms with Crippen LogP contribution in [-0.4, -0.2) is 81.3 Å². The number of aromatic nitrogens is 8. The Bertz CT molecular complexity index is 2540. The lowest BCUT2D eigenvalue weighted by molar-refractivity contribution is 0.0594. The molecule has 3 amide bonds. The molecule has 1 aliphatic heterocycles. The number of fused-ring (bicyclic) bond motifs is 2. The number of hydrogen-bond acceptors (Lipinski definition) is 11. The maximum atomic E-state index is 13.8. The van der Waals surface area contributed by atoms with E-state index in [0.29, 0.717) is 81.8 Å². The Morgan fingerprint density at radius 2 is 1.47 bits per heavy atom. The summed E-state index contributed by atoms with van der Waals surface area (Å²) >= 11 is 0. The van der Waals surface area contributed by atoms with Crippen LogP contribution in [0.3, 0.4) is 0 Å². The third-order valence-corrected chi connectivity index (χ3v) is 10.4. The first-order valence-electron chi connectivity index (χ1n) is 19.8. The Morgan fingerprint density at radius 3 is 2.07 bits per heavy atom. The van der Waals surface area contributed by atoms with E-state index in [9.17, 15) is 19.5 Å². The number of aliphatic hydroxyl groups excluding tert-OH is 1. The molecule has 7 N–H and O–H groups in total. The van der Waals surface area contributed by atoms with E-state index in [4.69, 9.17) is 30.9 Å². The molecule has 5 heterocycles. The zero-order valence-electron chi connectivity index (χ0n) is 33.6. The number of rotatable bonds is 16. The van der Waals surface area contributed by atoms with E-state index >= 15 is 0 Å². The number of carbonyl (C=O) groups is 3. The molecular formula is C41H50N12O6. The first-order chi connectivity index (χ1) is 28.4. The predicted octanol–water partition coefficient (Wildman–Crippen LogP) is 4.44. The van der Waals surface area contributed by atoms with Crippen molar-refractivity contribution in [3.05, 3.63) is 88.5 Å². The Hall–Kier alpha value is -6.37. The first kappa shape index (κ1) is 40.8. The summed E-state index contributed by atoms with van der Waals surface area (Å²) in [6.45, 7) is 10.8. The minimum absolute atomic E-state index is 0.219. The van der Waals surface area contributed by atoms with Crippen molar-refractivity contribution >= 4 is 51.7 Å². The van der Waals surface area contributed by atoms with E-state index in [0.717, 1.165) is 32.5 Å². The number of primary amides is 1. The van der Waals surface area contributed by atoms with Gasteiger partial charge >= 0.3 is 0 Å². The fraction of sp³-hybridized carbons (Fsp3) is 0.390. The summed E-state index contributed by atoms with van der Waals surface area (Å²) in [6.07, 6.45) is 5.29. The zero-order valence-corrected chi connectivity index (χ0v) is 33.6. The molecule has 1 atom stereocenters. The molecule has 18 nitrogen and oxygen atoms in total. The third-order valence-electron chi connectivity index (χ3n) is 10.4. The van der Waals surface area contributed by atoms with Crippen LogP contribution in [-0.2, 0) is 30.9 Å². The van der Waals surface area contributed by atoms with E-state index in [1.807, 2.05) is 49.0 Å². The molecule has 0 radical (unpaired) electrons. The second-order valence-corrected chi connectivity index (χ2v) is 14.5. The van der Waals surface area contributed by atoms with Crippen LogP contribution in [0.5, 0.6) is 5.75 Å². The number of nitrogens with two attached hydrogens (primary N) is 2. The summed E-state index contributed by atoms with van der Waals surface area (Å²) in [4.78, 5) is 49.3. The number of ether oxygens (including phenoxy) is 2. The number of carbonyl (C=O) groups excluding carboxylic acids is 3. The van der Waals surface area contributed by atoms with Gasteiger partial charge in [-0.2, -0.15) is 10.2 Å². The van der Waals surface area contributed by atoms with Crippen molar-refractivity contribution in [1.82, 2.24) is 38.7 Å². The summed E-state index contributed by atoms with van der Waals surface area (Å²) in [7, 11) is 0. The van der Waals surface area contributed by atoms with E-state index in [1.54, 1.807) is 51.8 Å². The Balaban J connectivity index is 1.23. The average Bonchev–Trinajstić information content (AvgIpc) is 3.98. The largest absolute Gasteiger partial charge is 0.491 e.